The summed E-state index contributed by atoms with van der Waals surface area (Å²) in [6.45, 7) is 0.508. The lowest BCUT2D eigenvalue weighted by Gasteiger charge is -2.25. The third-order valence-electron chi connectivity index (χ3n) is 7.14. The van der Waals surface area contributed by atoms with E-state index in [1.165, 1.54) is 24.2 Å². The van der Waals surface area contributed by atoms with E-state index < -0.39 is 12.0 Å². The van der Waals surface area contributed by atoms with E-state index in [0.717, 1.165) is 25.0 Å². The Kier molecular flexibility index (Phi) is 5.62. The lowest BCUT2D eigenvalue weighted by Crippen LogP contribution is -2.41. The zero-order valence-electron chi connectivity index (χ0n) is 19.1. The fourth-order valence-electron chi connectivity index (χ4n) is 5.36. The molecule has 9 nitrogen and oxygen atoms in total. The van der Waals surface area contributed by atoms with Crippen LogP contribution >= 0.6 is 11.3 Å². The van der Waals surface area contributed by atoms with Gasteiger partial charge in [0.2, 0.25) is 11.9 Å². The highest BCUT2D eigenvalue weighted by atomic mass is 32.1. The summed E-state index contributed by atoms with van der Waals surface area (Å²) < 4.78 is 29.6. The fraction of sp³-hybridized carbons (Fsp3) is 0.522. The molecular weight excluding hydrogens is 474 g/mol. The summed E-state index contributed by atoms with van der Waals surface area (Å²) >= 11 is 1.33. The first-order valence-corrected chi connectivity index (χ1v) is 12.9. The van der Waals surface area contributed by atoms with Crippen LogP contribution in [-0.4, -0.2) is 43.6 Å². The number of hydrogen-bond donors (Lipinski definition) is 3. The van der Waals surface area contributed by atoms with E-state index in [-0.39, 0.29) is 30.4 Å². The molecule has 2 fully saturated rings. The quantitative estimate of drug-likeness (QED) is 0.450. The smallest absolute Gasteiger partial charge is 0.290 e. The van der Waals surface area contributed by atoms with Crippen molar-refractivity contribution in [3.63, 3.8) is 0 Å². The molecule has 6 rings (SSSR count). The molecule has 1 saturated heterocycles. The number of alkyl halides is 2. The molecule has 3 aromatic heterocycles. The number of nitrogens with one attached hydrogen (secondary N) is 3. The zero-order chi connectivity index (χ0) is 24.0. The molecule has 35 heavy (non-hydrogen) atoms. The number of carbonyl (C=O) groups excluding carboxylic acids is 1. The van der Waals surface area contributed by atoms with Gasteiger partial charge in [-0.1, -0.05) is 12.8 Å². The van der Waals surface area contributed by atoms with Crippen molar-refractivity contribution in [3.05, 3.63) is 34.6 Å². The second-order valence-electron chi connectivity index (χ2n) is 9.40. The van der Waals surface area contributed by atoms with Gasteiger partial charge >= 0.3 is 0 Å². The summed E-state index contributed by atoms with van der Waals surface area (Å²) in [5.74, 6) is -1.81. The lowest BCUT2D eigenvalue weighted by atomic mass is 10.0. The van der Waals surface area contributed by atoms with Crippen LogP contribution in [0.1, 0.15) is 67.8 Å². The van der Waals surface area contributed by atoms with E-state index >= 15 is 0 Å². The third-order valence-corrected chi connectivity index (χ3v) is 7.83. The van der Waals surface area contributed by atoms with Crippen LogP contribution < -0.4 is 15.5 Å². The highest BCUT2D eigenvalue weighted by Gasteiger charge is 2.44. The number of aromatic nitrogens is 5. The minimum atomic E-state index is -3.04. The molecule has 0 unspecified atom stereocenters. The van der Waals surface area contributed by atoms with Gasteiger partial charge < -0.3 is 15.5 Å². The molecule has 0 bridgehead atoms. The molecule has 184 valence electrons. The predicted octanol–water partition coefficient (Wildman–Crippen LogP) is 4.70. The van der Waals surface area contributed by atoms with E-state index in [1.807, 2.05) is 6.07 Å². The minimum absolute atomic E-state index is 0.135. The van der Waals surface area contributed by atoms with Crippen LogP contribution in [0.15, 0.2) is 17.6 Å². The van der Waals surface area contributed by atoms with Crippen molar-refractivity contribution < 1.29 is 13.6 Å². The van der Waals surface area contributed by atoms with Gasteiger partial charge in [-0.2, -0.15) is 18.9 Å². The predicted molar refractivity (Wildman–Crippen MR) is 128 cm³/mol. The van der Waals surface area contributed by atoms with Crippen molar-refractivity contribution in [2.75, 3.05) is 22.1 Å². The second kappa shape index (κ2) is 8.81. The van der Waals surface area contributed by atoms with Gasteiger partial charge in [-0.05, 0) is 32.1 Å². The minimum Gasteiger partial charge on any atom is -0.329 e. The van der Waals surface area contributed by atoms with E-state index in [9.17, 15) is 13.6 Å². The molecule has 3 N–H and O–H groups in total. The average Bonchev–Trinajstić information content (AvgIpc) is 3.64. The maximum Gasteiger partial charge on any atom is 0.290 e. The summed E-state index contributed by atoms with van der Waals surface area (Å²) in [4.78, 5) is 27.7. The van der Waals surface area contributed by atoms with Gasteiger partial charge in [0.05, 0.1) is 0 Å². The number of thiazole rings is 1. The number of halogens is 2. The number of rotatable bonds is 6. The van der Waals surface area contributed by atoms with Crippen LogP contribution in [-0.2, 0) is 17.1 Å². The molecule has 0 radical (unpaired) electrons. The van der Waals surface area contributed by atoms with Crippen LogP contribution in [0.5, 0.6) is 0 Å². The van der Waals surface area contributed by atoms with Crippen molar-refractivity contribution >= 4 is 40.0 Å². The van der Waals surface area contributed by atoms with Gasteiger partial charge in [0, 0.05) is 47.8 Å². The first-order valence-electron chi connectivity index (χ1n) is 12.1. The number of hydrogen-bond acceptors (Lipinski definition) is 8. The van der Waals surface area contributed by atoms with Crippen LogP contribution in [0.25, 0.3) is 0 Å². The van der Waals surface area contributed by atoms with Crippen molar-refractivity contribution in [1.29, 1.82) is 0 Å². The maximum atomic E-state index is 14.8. The molecule has 3 aromatic rings. The van der Waals surface area contributed by atoms with E-state index in [0.29, 0.717) is 41.2 Å². The van der Waals surface area contributed by atoms with E-state index in [1.54, 1.807) is 16.5 Å². The summed E-state index contributed by atoms with van der Waals surface area (Å²) in [5, 5.41) is 15.7. The zero-order valence-corrected chi connectivity index (χ0v) is 19.9. The number of H-pyrrole nitrogens is 1. The lowest BCUT2D eigenvalue weighted by molar-refractivity contribution is -0.117. The molecule has 2 aliphatic carbocycles. The Balaban J connectivity index is 1.30. The molecule has 1 amide bonds. The maximum absolute atomic E-state index is 14.8. The molecule has 1 saturated carbocycles. The van der Waals surface area contributed by atoms with Crippen molar-refractivity contribution in [2.45, 2.75) is 69.2 Å². The van der Waals surface area contributed by atoms with Crippen LogP contribution in [0.4, 0.5) is 31.5 Å². The largest absolute Gasteiger partial charge is 0.329 e. The van der Waals surface area contributed by atoms with E-state index in [2.05, 4.69) is 35.8 Å². The summed E-state index contributed by atoms with van der Waals surface area (Å²) in [6, 6.07) is 1.39. The number of anilines is 4. The number of carbonyl (C=O) groups is 1. The average molecular weight is 501 g/mol. The van der Waals surface area contributed by atoms with Crippen molar-refractivity contribution in [2.24, 2.45) is 0 Å². The number of aromatic amines is 1. The van der Waals surface area contributed by atoms with Gasteiger partial charge in [-0.3, -0.25) is 9.89 Å². The topological polar surface area (TPSA) is 112 Å². The van der Waals surface area contributed by atoms with Crippen LogP contribution in [0.3, 0.4) is 0 Å². The first kappa shape index (κ1) is 22.3. The Morgan fingerprint density at radius 2 is 2.06 bits per heavy atom. The molecule has 0 aromatic carbocycles. The Morgan fingerprint density at radius 3 is 2.86 bits per heavy atom. The van der Waals surface area contributed by atoms with Crippen LogP contribution in [0.2, 0.25) is 0 Å². The molecular formula is C23H26F2N8OS. The number of amides is 1. The molecule has 3 aliphatic rings. The molecule has 4 heterocycles. The number of fused-ring (bicyclic) bond motifs is 1. The standard InChI is InChI=1S/C23H26F2N8OS/c24-23(25)8-7-14-18(23)28-21(33-10-3-6-16(33)20(34)30-22-26-9-11-35-22)29-19(14)27-17-12-15(31-32-17)13-4-1-2-5-13/h9,11-13,16H,1-8,10H2,(H,26,30,34)(H2,27,28,29,31,32)/t16-/m0/s1. The van der Waals surface area contributed by atoms with E-state index in [4.69, 9.17) is 0 Å². The van der Waals surface area contributed by atoms with Gasteiger partial charge in [0.15, 0.2) is 10.9 Å². The Bertz CT molecular complexity index is 1220. The second-order valence-corrected chi connectivity index (χ2v) is 10.3. The Labute approximate surface area is 204 Å². The summed E-state index contributed by atoms with van der Waals surface area (Å²) in [6.07, 6.45) is 7.47. The van der Waals surface area contributed by atoms with Crippen molar-refractivity contribution in [3.8, 4) is 0 Å². The first-order chi connectivity index (χ1) is 17.0. The molecule has 1 aliphatic heterocycles. The monoisotopic (exact) mass is 500 g/mol. The van der Waals surface area contributed by atoms with Gasteiger partial charge in [0.25, 0.3) is 5.92 Å². The highest BCUT2D eigenvalue weighted by Crippen LogP contribution is 2.44. The third kappa shape index (κ3) is 4.24. The SMILES string of the molecule is O=C(Nc1nccs1)[C@@H]1CCCN1c1nc(Nc2cc(C3CCCC3)[nH]n2)c2c(n1)C(F)(F)CC2. The van der Waals surface area contributed by atoms with Gasteiger partial charge in [-0.25, -0.2) is 9.97 Å². The summed E-state index contributed by atoms with van der Waals surface area (Å²) in [7, 11) is 0. The number of nitrogens with zero attached hydrogens (tertiary/aromatic N) is 5. The van der Waals surface area contributed by atoms with Crippen molar-refractivity contribution in [1.82, 2.24) is 25.1 Å². The Morgan fingerprint density at radius 1 is 1.20 bits per heavy atom. The molecule has 0 spiro atoms. The summed E-state index contributed by atoms with van der Waals surface area (Å²) in [5.41, 5.74) is 1.20. The Hall–Kier alpha value is -3.15. The fourth-order valence-corrected chi connectivity index (χ4v) is 5.90. The van der Waals surface area contributed by atoms with Crippen LogP contribution in [0, 0.1) is 0 Å². The normalized spacial score (nSPS) is 21.4. The highest BCUT2D eigenvalue weighted by molar-refractivity contribution is 7.13. The van der Waals surface area contributed by atoms with Gasteiger partial charge in [-0.15, -0.1) is 11.3 Å². The molecule has 12 heteroatoms. The van der Waals surface area contributed by atoms with Gasteiger partial charge in [0.1, 0.15) is 17.6 Å². The molecule has 1 atom stereocenters.